The summed E-state index contributed by atoms with van der Waals surface area (Å²) in [5, 5.41) is 1.20. The molecular weight excluding hydrogens is 352 g/mol. The number of carbonyl (C=O) groups excluding carboxylic acids is 1. The summed E-state index contributed by atoms with van der Waals surface area (Å²) in [6.07, 6.45) is 3.35. The monoisotopic (exact) mass is 379 g/mol. The highest BCUT2D eigenvalue weighted by Crippen LogP contribution is 2.20. The van der Waals surface area contributed by atoms with E-state index in [0.717, 1.165) is 45.1 Å². The van der Waals surface area contributed by atoms with E-state index in [1.54, 1.807) is 24.5 Å². The van der Waals surface area contributed by atoms with Gasteiger partial charge in [0.1, 0.15) is 13.1 Å². The minimum atomic E-state index is 0.0558. The Kier molecular flexibility index (Phi) is 5.69. The molecule has 0 unspecified atom stereocenters. The van der Waals surface area contributed by atoms with Crippen molar-refractivity contribution in [2.24, 2.45) is 7.05 Å². The molecule has 146 valence electrons. The van der Waals surface area contributed by atoms with Gasteiger partial charge < -0.3 is 19.1 Å². The van der Waals surface area contributed by atoms with E-state index in [9.17, 15) is 4.79 Å². The standard InChI is InChI=1S/C22H26N4O2/c1-24-20(16-19-4-2-3-5-21(19)24)17-26(11-10-25-12-14-28-15-13-25)22(27)18-6-8-23-9-7-18/h2-9,16H,10-15,17H2,1H3/p+1. The van der Waals surface area contributed by atoms with Crippen LogP contribution in [0.2, 0.25) is 0 Å². The molecular formula is C22H27N4O2+. The molecule has 6 heteroatoms. The summed E-state index contributed by atoms with van der Waals surface area (Å²) in [5.41, 5.74) is 3.01. The molecule has 1 aliphatic heterocycles. The van der Waals surface area contributed by atoms with Crippen molar-refractivity contribution in [3.8, 4) is 0 Å². The molecule has 0 radical (unpaired) electrons. The number of pyridine rings is 1. The largest absolute Gasteiger partial charge is 0.370 e. The zero-order valence-corrected chi connectivity index (χ0v) is 16.3. The van der Waals surface area contributed by atoms with E-state index in [1.165, 1.54) is 15.8 Å². The zero-order valence-electron chi connectivity index (χ0n) is 16.3. The summed E-state index contributed by atoms with van der Waals surface area (Å²) in [6.45, 7) is 5.86. The first-order valence-electron chi connectivity index (χ1n) is 9.86. The van der Waals surface area contributed by atoms with Crippen molar-refractivity contribution in [2.45, 2.75) is 6.54 Å². The molecule has 6 nitrogen and oxygen atoms in total. The number of fused-ring (bicyclic) bond motifs is 1. The molecule has 1 N–H and O–H groups in total. The molecule has 1 aliphatic rings. The number of carbonyl (C=O) groups is 1. The van der Waals surface area contributed by atoms with Gasteiger partial charge in [0.25, 0.3) is 5.91 Å². The average molecular weight is 379 g/mol. The van der Waals surface area contributed by atoms with E-state index in [0.29, 0.717) is 12.1 Å². The fraction of sp³-hybridized carbons (Fsp3) is 0.364. The van der Waals surface area contributed by atoms with Crippen LogP contribution in [0.4, 0.5) is 0 Å². The summed E-state index contributed by atoms with van der Waals surface area (Å²) in [7, 11) is 2.07. The number of amides is 1. The number of hydrogen-bond donors (Lipinski definition) is 1. The first-order chi connectivity index (χ1) is 13.7. The van der Waals surface area contributed by atoms with Gasteiger partial charge in [-0.05, 0) is 29.7 Å². The van der Waals surface area contributed by atoms with Crippen LogP contribution >= 0.6 is 0 Å². The van der Waals surface area contributed by atoms with Gasteiger partial charge in [-0.2, -0.15) is 0 Å². The Bertz CT molecular complexity index is 932. The summed E-state index contributed by atoms with van der Waals surface area (Å²) in [4.78, 5) is 20.7. The van der Waals surface area contributed by atoms with Crippen molar-refractivity contribution < 1.29 is 14.4 Å². The van der Waals surface area contributed by atoms with E-state index >= 15 is 0 Å². The Morgan fingerprint density at radius 1 is 1.18 bits per heavy atom. The molecule has 1 aromatic carbocycles. The van der Waals surface area contributed by atoms with Gasteiger partial charge in [0.2, 0.25) is 0 Å². The van der Waals surface area contributed by atoms with Gasteiger partial charge >= 0.3 is 0 Å². The maximum atomic E-state index is 13.2. The third-order valence-electron chi connectivity index (χ3n) is 5.55. The van der Waals surface area contributed by atoms with Crippen LogP contribution in [0.3, 0.4) is 0 Å². The van der Waals surface area contributed by atoms with E-state index in [2.05, 4.69) is 34.8 Å². The fourth-order valence-corrected chi connectivity index (χ4v) is 3.83. The van der Waals surface area contributed by atoms with Crippen LogP contribution in [0.15, 0.2) is 54.9 Å². The molecule has 4 rings (SSSR count). The molecule has 28 heavy (non-hydrogen) atoms. The number of rotatable bonds is 6. The highest BCUT2D eigenvalue weighted by molar-refractivity contribution is 5.94. The molecule has 1 saturated heterocycles. The number of morpholine rings is 1. The Hall–Kier alpha value is -2.70. The highest BCUT2D eigenvalue weighted by atomic mass is 16.5. The second-order valence-electron chi connectivity index (χ2n) is 7.33. The molecule has 0 bridgehead atoms. The Balaban J connectivity index is 1.56. The third kappa shape index (κ3) is 4.08. The van der Waals surface area contributed by atoms with Crippen molar-refractivity contribution in [3.63, 3.8) is 0 Å². The normalized spacial score (nSPS) is 15.0. The Morgan fingerprint density at radius 2 is 1.93 bits per heavy atom. The number of nitrogens with zero attached hydrogens (tertiary/aromatic N) is 3. The van der Waals surface area contributed by atoms with Crippen molar-refractivity contribution in [2.75, 3.05) is 39.4 Å². The van der Waals surface area contributed by atoms with Crippen LogP contribution in [0.25, 0.3) is 10.9 Å². The summed E-state index contributed by atoms with van der Waals surface area (Å²) < 4.78 is 7.64. The molecule has 3 heterocycles. The Morgan fingerprint density at radius 3 is 2.68 bits per heavy atom. The quantitative estimate of drug-likeness (QED) is 0.699. The molecule has 0 spiro atoms. The second-order valence-corrected chi connectivity index (χ2v) is 7.33. The summed E-state index contributed by atoms with van der Waals surface area (Å²) in [5.74, 6) is 0.0558. The lowest BCUT2D eigenvalue weighted by molar-refractivity contribution is -0.907. The molecule has 3 aromatic rings. The Labute approximate surface area is 165 Å². The molecule has 1 fully saturated rings. The summed E-state index contributed by atoms with van der Waals surface area (Å²) >= 11 is 0. The van der Waals surface area contributed by atoms with Crippen LogP contribution in [0, 0.1) is 0 Å². The SMILES string of the molecule is Cn1c(CN(CC[NH+]2CCOCC2)C(=O)c2ccncc2)cc2ccccc21. The van der Waals surface area contributed by atoms with E-state index < -0.39 is 0 Å². The lowest BCUT2D eigenvalue weighted by Gasteiger charge is -2.28. The fourth-order valence-electron chi connectivity index (χ4n) is 3.83. The van der Waals surface area contributed by atoms with Crippen molar-refractivity contribution in [1.82, 2.24) is 14.5 Å². The number of aromatic nitrogens is 2. The van der Waals surface area contributed by atoms with Crippen molar-refractivity contribution in [1.29, 1.82) is 0 Å². The topological polar surface area (TPSA) is 51.8 Å². The smallest absolute Gasteiger partial charge is 0.254 e. The molecule has 0 saturated carbocycles. The van der Waals surface area contributed by atoms with Gasteiger partial charge in [-0.25, -0.2) is 0 Å². The first kappa shape index (κ1) is 18.7. The zero-order chi connectivity index (χ0) is 19.3. The number of nitrogens with one attached hydrogen (secondary N) is 1. The predicted octanol–water partition coefficient (Wildman–Crippen LogP) is 1.13. The van der Waals surface area contributed by atoms with E-state index in [1.807, 2.05) is 17.0 Å². The lowest BCUT2D eigenvalue weighted by Crippen LogP contribution is -3.14. The minimum Gasteiger partial charge on any atom is -0.370 e. The predicted molar refractivity (Wildman–Crippen MR) is 108 cm³/mol. The van der Waals surface area contributed by atoms with Gasteiger partial charge in [-0.1, -0.05) is 18.2 Å². The number of quaternary nitrogens is 1. The number of benzene rings is 1. The summed E-state index contributed by atoms with van der Waals surface area (Å²) in [6, 6.07) is 14.1. The van der Waals surface area contributed by atoms with Gasteiger partial charge in [-0.15, -0.1) is 0 Å². The lowest BCUT2D eigenvalue weighted by atomic mass is 10.2. The number of ether oxygens (including phenoxy) is 1. The number of aryl methyl sites for hydroxylation is 1. The highest BCUT2D eigenvalue weighted by Gasteiger charge is 2.21. The van der Waals surface area contributed by atoms with Gasteiger partial charge in [0, 0.05) is 36.2 Å². The number of hydrogen-bond acceptors (Lipinski definition) is 3. The molecule has 2 aromatic heterocycles. The van der Waals surface area contributed by atoms with E-state index in [-0.39, 0.29) is 5.91 Å². The van der Waals surface area contributed by atoms with Gasteiger partial charge in [0.05, 0.1) is 32.8 Å². The molecule has 0 aliphatic carbocycles. The van der Waals surface area contributed by atoms with E-state index in [4.69, 9.17) is 4.74 Å². The first-order valence-corrected chi connectivity index (χ1v) is 9.86. The maximum absolute atomic E-state index is 13.2. The van der Waals surface area contributed by atoms with Crippen molar-refractivity contribution in [3.05, 3.63) is 66.1 Å². The second kappa shape index (κ2) is 8.54. The maximum Gasteiger partial charge on any atom is 0.254 e. The van der Waals surface area contributed by atoms with Crippen LogP contribution in [0.1, 0.15) is 16.1 Å². The van der Waals surface area contributed by atoms with Crippen molar-refractivity contribution >= 4 is 16.8 Å². The average Bonchev–Trinajstić information content (AvgIpc) is 3.07. The molecule has 0 atom stereocenters. The van der Waals surface area contributed by atoms with Gasteiger partial charge in [0.15, 0.2) is 0 Å². The van der Waals surface area contributed by atoms with Crippen LogP contribution in [0.5, 0.6) is 0 Å². The van der Waals surface area contributed by atoms with Crippen LogP contribution < -0.4 is 4.90 Å². The molecule has 1 amide bonds. The van der Waals surface area contributed by atoms with Crippen LogP contribution in [-0.2, 0) is 18.3 Å². The van der Waals surface area contributed by atoms with Crippen LogP contribution in [-0.4, -0.2) is 59.8 Å². The third-order valence-corrected chi connectivity index (χ3v) is 5.55. The number of para-hydroxylation sites is 1. The van der Waals surface area contributed by atoms with Gasteiger partial charge in [-0.3, -0.25) is 9.78 Å². The minimum absolute atomic E-state index is 0.0558.